The van der Waals surface area contributed by atoms with E-state index >= 15 is 0 Å². The summed E-state index contributed by atoms with van der Waals surface area (Å²) in [6, 6.07) is 6.28. The largest absolute Gasteiger partial charge is 0.366 e. The minimum Gasteiger partial charge on any atom is -0.366 e. The van der Waals surface area contributed by atoms with Crippen LogP contribution in [-0.4, -0.2) is 25.2 Å². The molecule has 0 amide bonds. The van der Waals surface area contributed by atoms with E-state index in [4.69, 9.17) is 0 Å². The molecular formula is C13H18BrFN2. The van der Waals surface area contributed by atoms with Gasteiger partial charge in [0.2, 0.25) is 0 Å². The van der Waals surface area contributed by atoms with Crippen LogP contribution in [0.3, 0.4) is 0 Å². The number of hydrogen-bond acceptors (Lipinski definition) is 2. The van der Waals surface area contributed by atoms with E-state index < -0.39 is 0 Å². The number of anilines is 1. The van der Waals surface area contributed by atoms with Gasteiger partial charge in [0.1, 0.15) is 5.82 Å². The van der Waals surface area contributed by atoms with Crippen LogP contribution in [0.4, 0.5) is 10.1 Å². The second-order valence-electron chi connectivity index (χ2n) is 4.62. The van der Waals surface area contributed by atoms with Gasteiger partial charge in [0.05, 0.1) is 4.47 Å². The normalized spacial score (nSPS) is 25.1. The van der Waals surface area contributed by atoms with Crippen molar-refractivity contribution in [3.8, 4) is 0 Å². The number of piperazine rings is 1. The number of halogens is 2. The second-order valence-corrected chi connectivity index (χ2v) is 5.48. The molecule has 1 aromatic carbocycles. The Morgan fingerprint density at radius 1 is 1.53 bits per heavy atom. The van der Waals surface area contributed by atoms with E-state index in [9.17, 15) is 4.39 Å². The maximum absolute atomic E-state index is 13.6. The molecule has 1 N–H and O–H groups in total. The quantitative estimate of drug-likeness (QED) is 0.902. The number of nitrogens with one attached hydrogen (secondary N) is 1. The molecule has 0 radical (unpaired) electrons. The molecule has 0 spiro atoms. The lowest BCUT2D eigenvalue weighted by molar-refractivity contribution is 0.402. The first-order valence-electron chi connectivity index (χ1n) is 6.07. The highest BCUT2D eigenvalue weighted by atomic mass is 79.9. The fourth-order valence-corrected chi connectivity index (χ4v) is 2.55. The lowest BCUT2D eigenvalue weighted by Gasteiger charge is -2.40. The molecule has 2 rings (SSSR count). The Bertz CT molecular complexity index is 397. The van der Waals surface area contributed by atoms with Crippen molar-refractivity contribution in [3.63, 3.8) is 0 Å². The molecule has 4 heteroatoms. The fraction of sp³-hybridized carbons (Fsp3) is 0.538. The molecule has 2 nitrogen and oxygen atoms in total. The Hall–Kier alpha value is -0.610. The van der Waals surface area contributed by atoms with E-state index in [0.717, 1.165) is 25.2 Å². The van der Waals surface area contributed by atoms with Crippen molar-refractivity contribution in [2.75, 3.05) is 18.0 Å². The summed E-state index contributed by atoms with van der Waals surface area (Å²) in [5.41, 5.74) is 0.978. The van der Waals surface area contributed by atoms with Gasteiger partial charge in [-0.15, -0.1) is 0 Å². The third kappa shape index (κ3) is 2.80. The average molecular weight is 301 g/mol. The highest BCUT2D eigenvalue weighted by molar-refractivity contribution is 9.10. The molecule has 0 bridgehead atoms. The van der Waals surface area contributed by atoms with E-state index in [1.54, 1.807) is 12.1 Å². The fourth-order valence-electron chi connectivity index (χ4n) is 2.30. The summed E-state index contributed by atoms with van der Waals surface area (Å²) in [4.78, 5) is 2.30. The van der Waals surface area contributed by atoms with Gasteiger partial charge < -0.3 is 10.2 Å². The molecule has 2 unspecified atom stereocenters. The van der Waals surface area contributed by atoms with Crippen LogP contribution in [0.15, 0.2) is 22.7 Å². The number of nitrogens with zero attached hydrogens (tertiary/aromatic N) is 1. The van der Waals surface area contributed by atoms with Crippen LogP contribution < -0.4 is 10.2 Å². The molecule has 1 aliphatic heterocycles. The molecule has 1 aromatic rings. The van der Waals surface area contributed by atoms with Crippen LogP contribution in [0.2, 0.25) is 0 Å². The standard InChI is InChI=1S/C13H18BrFN2/c1-3-10-7-16-9(2)8-17(10)11-4-5-12(14)13(15)6-11/h4-6,9-10,16H,3,7-8H2,1-2H3. The summed E-state index contributed by atoms with van der Waals surface area (Å²) >= 11 is 3.19. The van der Waals surface area contributed by atoms with Gasteiger partial charge in [0, 0.05) is 30.9 Å². The van der Waals surface area contributed by atoms with Crippen LogP contribution >= 0.6 is 15.9 Å². The summed E-state index contributed by atoms with van der Waals surface area (Å²) in [6.07, 6.45) is 1.07. The molecule has 0 saturated carbocycles. The highest BCUT2D eigenvalue weighted by Gasteiger charge is 2.24. The molecule has 2 atom stereocenters. The summed E-state index contributed by atoms with van der Waals surface area (Å²) in [5, 5.41) is 3.46. The zero-order valence-electron chi connectivity index (χ0n) is 10.2. The number of benzene rings is 1. The Labute approximate surface area is 110 Å². The van der Waals surface area contributed by atoms with Gasteiger partial charge in [-0.05, 0) is 47.5 Å². The third-order valence-corrected chi connectivity index (χ3v) is 3.96. The molecular weight excluding hydrogens is 283 g/mol. The summed E-state index contributed by atoms with van der Waals surface area (Å²) < 4.78 is 14.1. The Balaban J connectivity index is 2.25. The van der Waals surface area contributed by atoms with Crippen molar-refractivity contribution in [1.29, 1.82) is 0 Å². The van der Waals surface area contributed by atoms with Gasteiger partial charge in [0.15, 0.2) is 0 Å². The first kappa shape index (κ1) is 12.8. The van der Waals surface area contributed by atoms with Gasteiger partial charge >= 0.3 is 0 Å². The molecule has 17 heavy (non-hydrogen) atoms. The zero-order chi connectivity index (χ0) is 12.4. The lowest BCUT2D eigenvalue weighted by Crippen LogP contribution is -2.55. The molecule has 94 valence electrons. The topological polar surface area (TPSA) is 15.3 Å². The van der Waals surface area contributed by atoms with E-state index in [1.165, 1.54) is 0 Å². The van der Waals surface area contributed by atoms with Gasteiger partial charge in [0.25, 0.3) is 0 Å². The van der Waals surface area contributed by atoms with Crippen LogP contribution in [0.1, 0.15) is 20.3 Å². The maximum Gasteiger partial charge on any atom is 0.139 e. The Morgan fingerprint density at radius 2 is 2.29 bits per heavy atom. The summed E-state index contributed by atoms with van der Waals surface area (Å²) in [6.45, 7) is 6.23. The van der Waals surface area contributed by atoms with Crippen molar-refractivity contribution in [3.05, 3.63) is 28.5 Å². The van der Waals surface area contributed by atoms with Crippen molar-refractivity contribution < 1.29 is 4.39 Å². The van der Waals surface area contributed by atoms with Crippen LogP contribution in [0.25, 0.3) is 0 Å². The zero-order valence-corrected chi connectivity index (χ0v) is 11.8. The molecule has 0 aromatic heterocycles. The molecule has 1 aliphatic rings. The predicted octanol–water partition coefficient (Wildman–Crippen LogP) is 3.16. The third-order valence-electron chi connectivity index (χ3n) is 3.32. The predicted molar refractivity (Wildman–Crippen MR) is 73.0 cm³/mol. The molecule has 1 saturated heterocycles. The molecule has 0 aliphatic carbocycles. The van der Waals surface area contributed by atoms with E-state index in [2.05, 4.69) is 40.0 Å². The molecule has 1 fully saturated rings. The first-order valence-corrected chi connectivity index (χ1v) is 6.86. The van der Waals surface area contributed by atoms with Crippen molar-refractivity contribution in [2.45, 2.75) is 32.4 Å². The highest BCUT2D eigenvalue weighted by Crippen LogP contribution is 2.25. The summed E-state index contributed by atoms with van der Waals surface area (Å²) in [7, 11) is 0. The lowest BCUT2D eigenvalue weighted by atomic mass is 10.1. The summed E-state index contributed by atoms with van der Waals surface area (Å²) in [5.74, 6) is -0.191. The maximum atomic E-state index is 13.6. The van der Waals surface area contributed by atoms with Crippen LogP contribution in [0.5, 0.6) is 0 Å². The first-order chi connectivity index (χ1) is 8.11. The minimum absolute atomic E-state index is 0.191. The van der Waals surface area contributed by atoms with Crippen molar-refractivity contribution >= 4 is 21.6 Å². The van der Waals surface area contributed by atoms with Gasteiger partial charge in [-0.1, -0.05) is 6.92 Å². The van der Waals surface area contributed by atoms with Crippen LogP contribution in [-0.2, 0) is 0 Å². The number of hydrogen-bond donors (Lipinski definition) is 1. The smallest absolute Gasteiger partial charge is 0.139 e. The van der Waals surface area contributed by atoms with Crippen LogP contribution in [0, 0.1) is 5.82 Å². The van der Waals surface area contributed by atoms with E-state index in [-0.39, 0.29) is 5.82 Å². The average Bonchev–Trinajstić information content (AvgIpc) is 2.32. The van der Waals surface area contributed by atoms with Gasteiger partial charge in [-0.2, -0.15) is 0 Å². The molecule has 1 heterocycles. The van der Waals surface area contributed by atoms with E-state index in [1.807, 2.05) is 6.07 Å². The Morgan fingerprint density at radius 3 is 2.94 bits per heavy atom. The van der Waals surface area contributed by atoms with Gasteiger partial charge in [-0.25, -0.2) is 4.39 Å². The monoisotopic (exact) mass is 300 g/mol. The van der Waals surface area contributed by atoms with E-state index in [0.29, 0.717) is 16.6 Å². The SMILES string of the molecule is CCC1CNC(C)CN1c1ccc(Br)c(F)c1. The van der Waals surface area contributed by atoms with Gasteiger partial charge in [-0.3, -0.25) is 0 Å². The Kier molecular flexibility index (Phi) is 4.05. The number of rotatable bonds is 2. The van der Waals surface area contributed by atoms with Crippen molar-refractivity contribution in [1.82, 2.24) is 5.32 Å². The second kappa shape index (κ2) is 5.36. The van der Waals surface area contributed by atoms with Crippen molar-refractivity contribution in [2.24, 2.45) is 0 Å². The minimum atomic E-state index is -0.191.